The minimum absolute atomic E-state index is 0.103. The summed E-state index contributed by atoms with van der Waals surface area (Å²) in [5, 5.41) is 2.79. The summed E-state index contributed by atoms with van der Waals surface area (Å²) in [4.78, 5) is 37.4. The molecule has 27 heavy (non-hydrogen) atoms. The molecule has 6 heteroatoms. The van der Waals surface area contributed by atoms with Crippen molar-refractivity contribution in [1.29, 1.82) is 0 Å². The lowest BCUT2D eigenvalue weighted by molar-refractivity contribution is -0.124. The van der Waals surface area contributed by atoms with Gasteiger partial charge >= 0.3 is 5.97 Å². The fraction of sp³-hybridized carbons (Fsp3) is 0.476. The van der Waals surface area contributed by atoms with Crippen molar-refractivity contribution in [3.63, 3.8) is 0 Å². The number of anilines is 1. The Morgan fingerprint density at radius 3 is 2.56 bits per heavy atom. The Hall–Kier alpha value is -2.63. The first-order valence-electron chi connectivity index (χ1n) is 9.65. The number of benzene rings is 1. The summed E-state index contributed by atoms with van der Waals surface area (Å²) in [5.74, 6) is -0.732. The normalized spacial score (nSPS) is 16.8. The lowest BCUT2D eigenvalue weighted by Crippen LogP contribution is -2.30. The summed E-state index contributed by atoms with van der Waals surface area (Å²) in [7, 11) is 0. The molecule has 0 saturated carbocycles. The zero-order valence-electron chi connectivity index (χ0n) is 15.5. The molecule has 0 bridgehead atoms. The Labute approximate surface area is 159 Å². The molecule has 3 rings (SSSR count). The van der Waals surface area contributed by atoms with Gasteiger partial charge in [-0.1, -0.05) is 11.6 Å². The fourth-order valence-electron chi connectivity index (χ4n) is 3.46. The van der Waals surface area contributed by atoms with E-state index in [1.807, 2.05) is 0 Å². The Morgan fingerprint density at radius 2 is 1.89 bits per heavy atom. The van der Waals surface area contributed by atoms with Crippen LogP contribution >= 0.6 is 0 Å². The highest BCUT2D eigenvalue weighted by atomic mass is 16.5. The predicted octanol–water partition coefficient (Wildman–Crippen LogP) is 2.98. The van der Waals surface area contributed by atoms with Crippen LogP contribution in [0.15, 0.2) is 35.9 Å². The molecule has 0 radical (unpaired) electrons. The molecule has 144 valence electrons. The predicted molar refractivity (Wildman–Crippen MR) is 102 cm³/mol. The van der Waals surface area contributed by atoms with Crippen molar-refractivity contribution in [3.8, 4) is 0 Å². The van der Waals surface area contributed by atoms with Crippen molar-refractivity contribution >= 4 is 23.5 Å². The summed E-state index contributed by atoms with van der Waals surface area (Å²) < 4.78 is 5.07. The minimum atomic E-state index is -0.542. The number of rotatable bonds is 7. The van der Waals surface area contributed by atoms with Gasteiger partial charge in [-0.3, -0.25) is 9.59 Å². The van der Waals surface area contributed by atoms with Crippen molar-refractivity contribution in [2.45, 2.75) is 44.9 Å². The van der Waals surface area contributed by atoms with Crippen LogP contribution in [0.25, 0.3) is 0 Å². The van der Waals surface area contributed by atoms with Crippen molar-refractivity contribution in [1.82, 2.24) is 5.32 Å². The van der Waals surface area contributed by atoms with E-state index in [0.717, 1.165) is 31.4 Å². The number of allylic oxidation sites excluding steroid dienone is 1. The highest BCUT2D eigenvalue weighted by Crippen LogP contribution is 2.22. The van der Waals surface area contributed by atoms with Crippen LogP contribution in [0.5, 0.6) is 0 Å². The first-order valence-corrected chi connectivity index (χ1v) is 9.65. The molecule has 2 aliphatic rings. The van der Waals surface area contributed by atoms with Crippen LogP contribution in [0, 0.1) is 0 Å². The number of amides is 2. The molecular weight excluding hydrogens is 344 g/mol. The Bertz CT molecular complexity index is 724. The first-order chi connectivity index (χ1) is 13.1. The molecule has 1 aromatic carbocycles. The lowest BCUT2D eigenvalue weighted by atomic mass is 9.97. The molecule has 1 aliphatic heterocycles. The lowest BCUT2D eigenvalue weighted by Gasteiger charge is -2.15. The van der Waals surface area contributed by atoms with E-state index in [2.05, 4.69) is 11.4 Å². The van der Waals surface area contributed by atoms with Crippen molar-refractivity contribution in [2.24, 2.45) is 0 Å². The number of hydrogen-bond donors (Lipinski definition) is 1. The molecule has 1 fully saturated rings. The van der Waals surface area contributed by atoms with Gasteiger partial charge in [-0.2, -0.15) is 0 Å². The Balaban J connectivity index is 1.40. The van der Waals surface area contributed by atoms with E-state index in [1.54, 1.807) is 29.2 Å². The number of carbonyl (C=O) groups is 3. The van der Waals surface area contributed by atoms with Crippen LogP contribution in [-0.2, 0) is 14.3 Å². The smallest absolute Gasteiger partial charge is 0.338 e. The van der Waals surface area contributed by atoms with Crippen LogP contribution < -0.4 is 10.2 Å². The van der Waals surface area contributed by atoms with E-state index in [-0.39, 0.29) is 18.4 Å². The highest BCUT2D eigenvalue weighted by molar-refractivity contribution is 5.96. The summed E-state index contributed by atoms with van der Waals surface area (Å²) in [6.07, 6.45) is 9.26. The van der Waals surface area contributed by atoms with Crippen molar-refractivity contribution in [2.75, 3.05) is 24.6 Å². The number of nitrogens with one attached hydrogen (secondary N) is 1. The number of carbonyl (C=O) groups excluding carboxylic acids is 3. The van der Waals surface area contributed by atoms with Gasteiger partial charge in [0.25, 0.3) is 5.91 Å². The summed E-state index contributed by atoms with van der Waals surface area (Å²) in [6.45, 7) is 0.991. The number of esters is 1. The maximum absolute atomic E-state index is 12.1. The molecule has 1 saturated heterocycles. The molecule has 2 amide bonds. The third kappa shape index (κ3) is 5.42. The Morgan fingerprint density at radius 1 is 1.07 bits per heavy atom. The maximum atomic E-state index is 12.1. The molecule has 0 unspecified atom stereocenters. The molecule has 1 N–H and O–H groups in total. The fourth-order valence-corrected chi connectivity index (χ4v) is 3.46. The quantitative estimate of drug-likeness (QED) is 0.591. The molecule has 1 aromatic rings. The zero-order valence-corrected chi connectivity index (χ0v) is 15.5. The van der Waals surface area contributed by atoms with Gasteiger partial charge in [-0.25, -0.2) is 4.79 Å². The molecule has 0 aromatic heterocycles. The standard InChI is InChI=1S/C21H26N2O4/c24-19(22-13-12-16-5-2-1-3-6-16)15-27-21(26)17-8-10-18(11-9-17)23-14-4-7-20(23)25/h5,8-11H,1-4,6-7,12-15H2,(H,22,24). The van der Waals surface area contributed by atoms with E-state index in [1.165, 1.54) is 18.4 Å². The second-order valence-electron chi connectivity index (χ2n) is 6.98. The molecule has 6 nitrogen and oxygen atoms in total. The van der Waals surface area contributed by atoms with Gasteiger partial charge in [0.2, 0.25) is 5.91 Å². The minimum Gasteiger partial charge on any atom is -0.452 e. The van der Waals surface area contributed by atoms with Crippen LogP contribution in [-0.4, -0.2) is 37.5 Å². The van der Waals surface area contributed by atoms with Crippen LogP contribution in [0.4, 0.5) is 5.69 Å². The van der Waals surface area contributed by atoms with Gasteiger partial charge in [-0.15, -0.1) is 0 Å². The van der Waals surface area contributed by atoms with E-state index in [4.69, 9.17) is 4.74 Å². The third-order valence-corrected chi connectivity index (χ3v) is 4.98. The van der Waals surface area contributed by atoms with E-state index in [0.29, 0.717) is 25.1 Å². The average Bonchev–Trinajstić information content (AvgIpc) is 3.13. The zero-order chi connectivity index (χ0) is 19.1. The van der Waals surface area contributed by atoms with Crippen molar-refractivity contribution < 1.29 is 19.1 Å². The molecule has 1 heterocycles. The number of ether oxygens (including phenoxy) is 1. The SMILES string of the molecule is O=C(COC(=O)c1ccc(N2CCCC2=O)cc1)NCCC1=CCCCC1. The average molecular weight is 370 g/mol. The van der Waals surface area contributed by atoms with E-state index >= 15 is 0 Å². The highest BCUT2D eigenvalue weighted by Gasteiger charge is 2.21. The Kier molecular flexibility index (Phi) is 6.63. The topological polar surface area (TPSA) is 75.7 Å². The number of nitrogens with zero attached hydrogens (tertiary/aromatic N) is 1. The largest absolute Gasteiger partial charge is 0.452 e. The molecule has 1 aliphatic carbocycles. The van der Waals surface area contributed by atoms with E-state index in [9.17, 15) is 14.4 Å². The van der Waals surface area contributed by atoms with E-state index < -0.39 is 5.97 Å². The molecule has 0 spiro atoms. The van der Waals surface area contributed by atoms with Gasteiger partial charge in [0.15, 0.2) is 6.61 Å². The van der Waals surface area contributed by atoms with Gasteiger partial charge in [0.1, 0.15) is 0 Å². The monoisotopic (exact) mass is 370 g/mol. The second kappa shape index (κ2) is 9.35. The summed E-state index contributed by atoms with van der Waals surface area (Å²) in [5.41, 5.74) is 2.55. The van der Waals surface area contributed by atoms with Crippen LogP contribution in [0.1, 0.15) is 55.3 Å². The van der Waals surface area contributed by atoms with Crippen LogP contribution in [0.2, 0.25) is 0 Å². The summed E-state index contributed by atoms with van der Waals surface area (Å²) >= 11 is 0. The molecular formula is C21H26N2O4. The first kappa shape index (κ1) is 19.1. The second-order valence-corrected chi connectivity index (χ2v) is 6.98. The van der Waals surface area contributed by atoms with Gasteiger partial charge in [-0.05, 0) is 62.8 Å². The van der Waals surface area contributed by atoms with Gasteiger partial charge < -0.3 is 15.0 Å². The van der Waals surface area contributed by atoms with Crippen LogP contribution in [0.3, 0.4) is 0 Å². The maximum Gasteiger partial charge on any atom is 0.338 e. The number of hydrogen-bond acceptors (Lipinski definition) is 4. The molecule has 0 atom stereocenters. The van der Waals surface area contributed by atoms with Gasteiger partial charge in [0, 0.05) is 25.2 Å². The van der Waals surface area contributed by atoms with Gasteiger partial charge in [0.05, 0.1) is 5.56 Å². The third-order valence-electron chi connectivity index (χ3n) is 4.98. The summed E-state index contributed by atoms with van der Waals surface area (Å²) in [6, 6.07) is 6.71. The van der Waals surface area contributed by atoms with Crippen molar-refractivity contribution in [3.05, 3.63) is 41.5 Å².